The van der Waals surface area contributed by atoms with E-state index in [0.717, 1.165) is 32.1 Å². The smallest absolute Gasteiger partial charge is 0.290 e. The van der Waals surface area contributed by atoms with Crippen LogP contribution in [0.3, 0.4) is 0 Å². The number of nitrogens with one attached hydrogen (secondary N) is 1. The monoisotopic (exact) mass is 272 g/mol. The fourth-order valence-corrected chi connectivity index (χ4v) is 3.58. The lowest BCUT2D eigenvalue weighted by Gasteiger charge is -2.19. The topological polar surface area (TPSA) is 61.9 Å². The molecule has 1 atom stereocenters. The second-order valence-corrected chi connectivity index (χ2v) is 5.76. The molecule has 1 aromatic rings. The first-order valence-corrected chi connectivity index (χ1v) is 7.11. The molecule has 1 unspecified atom stereocenters. The van der Waals surface area contributed by atoms with Crippen LogP contribution in [-0.2, 0) is 14.3 Å². The maximum Gasteiger partial charge on any atom is 0.290 e. The van der Waals surface area contributed by atoms with Crippen LogP contribution in [0.25, 0.3) is 0 Å². The van der Waals surface area contributed by atoms with Gasteiger partial charge in [-0.05, 0) is 25.0 Å². The first-order valence-electron chi connectivity index (χ1n) is 7.11. The molecule has 2 spiro atoms. The zero-order valence-corrected chi connectivity index (χ0v) is 11.1. The van der Waals surface area contributed by atoms with E-state index in [0.29, 0.717) is 5.69 Å². The molecular formula is C15H16N2O3. The van der Waals surface area contributed by atoms with Gasteiger partial charge in [0.05, 0.1) is 5.69 Å². The molecule has 5 nitrogen and oxygen atoms in total. The highest BCUT2D eigenvalue weighted by molar-refractivity contribution is 6.24. The van der Waals surface area contributed by atoms with E-state index in [4.69, 9.17) is 4.74 Å². The summed E-state index contributed by atoms with van der Waals surface area (Å²) in [6.07, 6.45) is 4.80. The van der Waals surface area contributed by atoms with Gasteiger partial charge in [-0.1, -0.05) is 37.5 Å². The van der Waals surface area contributed by atoms with Crippen LogP contribution in [0.4, 0.5) is 5.69 Å². The van der Waals surface area contributed by atoms with Crippen LogP contribution in [0.2, 0.25) is 0 Å². The molecular weight excluding hydrogens is 256 g/mol. The number of epoxide rings is 1. The molecule has 2 amide bonds. The number of carbonyl (C=O) groups excluding carboxylic acids is 2. The lowest BCUT2D eigenvalue weighted by molar-refractivity contribution is -0.129. The minimum Gasteiger partial charge on any atom is -0.343 e. The molecule has 3 aliphatic rings. The highest BCUT2D eigenvalue weighted by atomic mass is 16.6. The van der Waals surface area contributed by atoms with Gasteiger partial charge in [-0.25, -0.2) is 5.01 Å². The number of nitrogens with zero attached hydrogens (tertiary/aromatic N) is 1. The predicted molar refractivity (Wildman–Crippen MR) is 71.7 cm³/mol. The Kier molecular flexibility index (Phi) is 2.27. The number of benzene rings is 1. The Balaban J connectivity index is 1.68. The van der Waals surface area contributed by atoms with Crippen molar-refractivity contribution in [2.45, 2.75) is 43.3 Å². The van der Waals surface area contributed by atoms with Crippen LogP contribution in [-0.4, -0.2) is 23.0 Å². The number of fused-ring (bicyclic) bond motifs is 1. The number of carbonyl (C=O) groups is 2. The molecule has 1 aliphatic carbocycles. The molecule has 20 heavy (non-hydrogen) atoms. The van der Waals surface area contributed by atoms with Crippen molar-refractivity contribution in [1.82, 2.24) is 5.43 Å². The zero-order chi connectivity index (χ0) is 13.8. The molecule has 4 rings (SSSR count). The third-order valence-corrected chi connectivity index (χ3v) is 4.66. The van der Waals surface area contributed by atoms with Crippen molar-refractivity contribution < 1.29 is 14.3 Å². The lowest BCUT2D eigenvalue weighted by Crippen LogP contribution is -2.40. The molecule has 1 aromatic carbocycles. The van der Waals surface area contributed by atoms with Gasteiger partial charge in [0.15, 0.2) is 0 Å². The summed E-state index contributed by atoms with van der Waals surface area (Å²) in [6, 6.07) is 9.14. The number of hydrogen-bond acceptors (Lipinski definition) is 3. The quantitative estimate of drug-likeness (QED) is 0.623. The van der Waals surface area contributed by atoms with Gasteiger partial charge in [-0.15, -0.1) is 0 Å². The molecule has 2 aliphatic heterocycles. The van der Waals surface area contributed by atoms with Crippen molar-refractivity contribution in [3.63, 3.8) is 0 Å². The van der Waals surface area contributed by atoms with E-state index < -0.39 is 11.2 Å². The van der Waals surface area contributed by atoms with Gasteiger partial charge in [0.2, 0.25) is 0 Å². The summed E-state index contributed by atoms with van der Waals surface area (Å²) in [4.78, 5) is 25.0. The average Bonchev–Trinajstić information content (AvgIpc) is 3.06. The van der Waals surface area contributed by atoms with Crippen LogP contribution in [0.5, 0.6) is 0 Å². The lowest BCUT2D eigenvalue weighted by atomic mass is 9.79. The third kappa shape index (κ3) is 1.31. The van der Waals surface area contributed by atoms with Crippen molar-refractivity contribution in [2.24, 2.45) is 0 Å². The Labute approximate surface area is 116 Å². The van der Waals surface area contributed by atoms with E-state index in [-0.39, 0.29) is 11.8 Å². The summed E-state index contributed by atoms with van der Waals surface area (Å²) < 4.78 is 5.77. The van der Waals surface area contributed by atoms with Crippen LogP contribution in [0.1, 0.15) is 32.1 Å². The van der Waals surface area contributed by atoms with Gasteiger partial charge in [-0.2, -0.15) is 0 Å². The van der Waals surface area contributed by atoms with Crippen LogP contribution < -0.4 is 10.4 Å². The van der Waals surface area contributed by atoms with Crippen LogP contribution >= 0.6 is 0 Å². The molecule has 0 aromatic heterocycles. The van der Waals surface area contributed by atoms with E-state index in [1.807, 2.05) is 18.2 Å². The standard InChI is InChI=1S/C15H16N2O3/c18-12-15(14(20-15)9-5-2-6-10-14)13(19)17(16-12)11-7-3-1-4-8-11/h1,3-4,7-8H,2,5-6,9-10H2,(H,16,18). The Morgan fingerprint density at radius 2 is 1.75 bits per heavy atom. The number of para-hydroxylation sites is 1. The molecule has 5 heteroatoms. The summed E-state index contributed by atoms with van der Waals surface area (Å²) >= 11 is 0. The Hall–Kier alpha value is -1.88. The summed E-state index contributed by atoms with van der Waals surface area (Å²) in [5, 5.41) is 1.33. The molecule has 3 fully saturated rings. The molecule has 0 bridgehead atoms. The number of amides is 2. The van der Waals surface area contributed by atoms with Crippen LogP contribution in [0, 0.1) is 0 Å². The van der Waals surface area contributed by atoms with E-state index in [2.05, 4.69) is 5.43 Å². The first kappa shape index (κ1) is 11.9. The SMILES string of the molecule is O=C1NN(c2ccccc2)C(=O)C12OC21CCCCC1. The van der Waals surface area contributed by atoms with E-state index in [1.54, 1.807) is 12.1 Å². The van der Waals surface area contributed by atoms with Gasteiger partial charge in [0.1, 0.15) is 5.60 Å². The summed E-state index contributed by atoms with van der Waals surface area (Å²) in [5.41, 5.74) is 1.53. The first-order chi connectivity index (χ1) is 9.70. The second kappa shape index (κ2) is 3.82. The fourth-order valence-electron chi connectivity index (χ4n) is 3.58. The van der Waals surface area contributed by atoms with E-state index >= 15 is 0 Å². The van der Waals surface area contributed by atoms with Crippen molar-refractivity contribution in [3.05, 3.63) is 30.3 Å². The van der Waals surface area contributed by atoms with Crippen molar-refractivity contribution in [3.8, 4) is 0 Å². The number of hydrazine groups is 1. The maximum atomic E-state index is 12.7. The summed E-state index contributed by atoms with van der Waals surface area (Å²) in [7, 11) is 0. The Morgan fingerprint density at radius 1 is 1.05 bits per heavy atom. The largest absolute Gasteiger partial charge is 0.343 e. The van der Waals surface area contributed by atoms with E-state index in [1.165, 1.54) is 5.01 Å². The van der Waals surface area contributed by atoms with Gasteiger partial charge in [0.25, 0.3) is 17.4 Å². The Bertz CT molecular complexity index is 580. The minimum atomic E-state index is -1.26. The van der Waals surface area contributed by atoms with Crippen molar-refractivity contribution in [2.75, 3.05) is 5.01 Å². The van der Waals surface area contributed by atoms with Crippen molar-refractivity contribution in [1.29, 1.82) is 0 Å². The molecule has 1 N–H and O–H groups in total. The van der Waals surface area contributed by atoms with Crippen molar-refractivity contribution >= 4 is 17.5 Å². The molecule has 104 valence electrons. The summed E-state index contributed by atoms with van der Waals surface area (Å²) in [6.45, 7) is 0. The molecule has 0 radical (unpaired) electrons. The number of anilines is 1. The third-order valence-electron chi connectivity index (χ3n) is 4.66. The maximum absolute atomic E-state index is 12.7. The normalized spacial score (nSPS) is 30.9. The Morgan fingerprint density at radius 3 is 2.45 bits per heavy atom. The fraction of sp³-hybridized carbons (Fsp3) is 0.467. The highest BCUT2D eigenvalue weighted by Gasteiger charge is 2.82. The minimum absolute atomic E-state index is 0.268. The highest BCUT2D eigenvalue weighted by Crippen LogP contribution is 2.59. The number of hydrogen-bond donors (Lipinski definition) is 1. The van der Waals surface area contributed by atoms with E-state index in [9.17, 15) is 9.59 Å². The predicted octanol–water partition coefficient (Wildman–Crippen LogP) is 1.54. The zero-order valence-electron chi connectivity index (χ0n) is 11.1. The van der Waals surface area contributed by atoms with Crippen LogP contribution in [0.15, 0.2) is 30.3 Å². The van der Waals surface area contributed by atoms with Gasteiger partial charge < -0.3 is 4.74 Å². The average molecular weight is 272 g/mol. The molecule has 2 saturated heterocycles. The number of ether oxygens (including phenoxy) is 1. The molecule has 2 heterocycles. The molecule has 1 saturated carbocycles. The van der Waals surface area contributed by atoms with Gasteiger partial charge >= 0.3 is 0 Å². The number of rotatable bonds is 1. The van der Waals surface area contributed by atoms with Gasteiger partial charge in [0, 0.05) is 0 Å². The second-order valence-electron chi connectivity index (χ2n) is 5.76. The summed E-state index contributed by atoms with van der Waals surface area (Å²) in [5.74, 6) is -0.580. The van der Waals surface area contributed by atoms with Gasteiger partial charge in [-0.3, -0.25) is 15.0 Å².